The molecule has 76 valence electrons. The van der Waals surface area contributed by atoms with E-state index in [0.29, 0.717) is 5.75 Å². The van der Waals surface area contributed by atoms with Crippen LogP contribution in [0.15, 0.2) is 42.5 Å². The second-order valence-corrected chi connectivity index (χ2v) is 3.34. The molecular weight excluding hydrogens is 224 g/mol. The smallest absolute Gasteiger partial charge is 1.00 e. The second kappa shape index (κ2) is 5.46. The third-order valence-corrected chi connectivity index (χ3v) is 2.22. The van der Waals surface area contributed by atoms with Crippen molar-refractivity contribution in [2.45, 2.75) is 0 Å². The van der Waals surface area contributed by atoms with Crippen molar-refractivity contribution < 1.29 is 15.8 Å². The van der Waals surface area contributed by atoms with Crippen LogP contribution in [-0.4, -0.2) is 31.8 Å². The first-order valence-electron chi connectivity index (χ1n) is 4.03. The van der Waals surface area contributed by atoms with Gasteiger partial charge in [0, 0.05) is 5.39 Å². The van der Waals surface area contributed by atoms with Gasteiger partial charge in [-0.05, 0) is 11.5 Å². The third-order valence-electron chi connectivity index (χ3n) is 1.91. The van der Waals surface area contributed by atoms with E-state index in [4.69, 9.17) is 0 Å². The van der Waals surface area contributed by atoms with Crippen molar-refractivity contribution in [3.63, 3.8) is 0 Å². The molecule has 0 spiro atoms. The first kappa shape index (κ1) is 12.4. The van der Waals surface area contributed by atoms with Gasteiger partial charge >= 0.3 is 23.1 Å². The number of hydrogen-bond acceptors (Lipinski definition) is 3. The summed E-state index contributed by atoms with van der Waals surface area (Å²) in [5.41, 5.74) is 0. The normalized spacial score (nSPS) is 11.8. The zero-order chi connectivity index (χ0) is 9.97. The van der Waals surface area contributed by atoms with Gasteiger partial charge in [-0.1, -0.05) is 36.4 Å². The minimum Gasteiger partial charge on any atom is -1.00 e. The SMILES string of the molecule is O=S([O-])Oc1cccc2ccccc12.[H-].[H-].[Mg+2]. The van der Waals surface area contributed by atoms with E-state index in [9.17, 15) is 8.76 Å². The quantitative estimate of drug-likeness (QED) is 0.588. The second-order valence-electron chi connectivity index (χ2n) is 2.76. The van der Waals surface area contributed by atoms with Crippen molar-refractivity contribution in [3.8, 4) is 5.75 Å². The molecule has 0 saturated heterocycles. The molecule has 2 aromatic rings. The van der Waals surface area contributed by atoms with E-state index in [-0.39, 0.29) is 25.9 Å². The van der Waals surface area contributed by atoms with Crippen molar-refractivity contribution in [2.24, 2.45) is 0 Å². The molecule has 0 N–H and O–H groups in total. The fraction of sp³-hybridized carbons (Fsp3) is 0. The van der Waals surface area contributed by atoms with Crippen molar-refractivity contribution in [2.75, 3.05) is 0 Å². The van der Waals surface area contributed by atoms with Crippen LogP contribution >= 0.6 is 0 Å². The van der Waals surface area contributed by atoms with Gasteiger partial charge < -0.3 is 11.6 Å². The Morgan fingerprint density at radius 2 is 1.80 bits per heavy atom. The summed E-state index contributed by atoms with van der Waals surface area (Å²) in [6.45, 7) is 0. The van der Waals surface area contributed by atoms with Gasteiger partial charge in [0.2, 0.25) is 0 Å². The summed E-state index contributed by atoms with van der Waals surface area (Å²) in [5, 5.41) is 1.75. The van der Waals surface area contributed by atoms with Crippen LogP contribution in [0.5, 0.6) is 5.75 Å². The van der Waals surface area contributed by atoms with Gasteiger partial charge in [-0.25, -0.2) is 4.21 Å². The van der Waals surface area contributed by atoms with E-state index < -0.39 is 11.4 Å². The zero-order valence-electron chi connectivity index (χ0n) is 9.88. The monoisotopic (exact) mass is 233 g/mol. The van der Waals surface area contributed by atoms with Gasteiger partial charge in [-0.15, -0.1) is 0 Å². The maximum absolute atomic E-state index is 10.4. The molecule has 1 atom stereocenters. The molecular formula is C10H9MgO3S-. The summed E-state index contributed by atoms with van der Waals surface area (Å²) >= 11 is -2.52. The maximum atomic E-state index is 10.4. The van der Waals surface area contributed by atoms with E-state index in [2.05, 4.69) is 4.18 Å². The van der Waals surface area contributed by atoms with Crippen LogP contribution in [0, 0.1) is 0 Å². The van der Waals surface area contributed by atoms with Crippen molar-refractivity contribution in [1.82, 2.24) is 0 Å². The summed E-state index contributed by atoms with van der Waals surface area (Å²) < 4.78 is 25.4. The summed E-state index contributed by atoms with van der Waals surface area (Å²) in [6, 6.07) is 12.7. The Hall–Kier alpha value is -0.624. The van der Waals surface area contributed by atoms with Crippen LogP contribution in [0.3, 0.4) is 0 Å². The van der Waals surface area contributed by atoms with Crippen LogP contribution in [0.25, 0.3) is 10.8 Å². The average Bonchev–Trinajstić information content (AvgIpc) is 2.18. The van der Waals surface area contributed by atoms with Gasteiger partial charge in [0.15, 0.2) is 0 Å². The van der Waals surface area contributed by atoms with Crippen LogP contribution in [0.4, 0.5) is 0 Å². The molecule has 0 aliphatic heterocycles. The number of rotatable bonds is 2. The Balaban J connectivity index is 0. The number of hydrogen-bond donors (Lipinski definition) is 0. The van der Waals surface area contributed by atoms with Crippen LogP contribution in [0.1, 0.15) is 2.85 Å². The largest absolute Gasteiger partial charge is 2.00 e. The van der Waals surface area contributed by atoms with Gasteiger partial charge in [0.1, 0.15) is 17.1 Å². The first-order valence-corrected chi connectivity index (χ1v) is 5.03. The molecule has 0 amide bonds. The Morgan fingerprint density at radius 3 is 2.53 bits per heavy atom. The summed E-state index contributed by atoms with van der Waals surface area (Å²) in [7, 11) is 0. The maximum Gasteiger partial charge on any atom is 2.00 e. The van der Waals surface area contributed by atoms with E-state index in [1.807, 2.05) is 30.3 Å². The molecule has 1 unspecified atom stereocenters. The predicted molar refractivity (Wildman–Crippen MR) is 61.5 cm³/mol. The summed E-state index contributed by atoms with van der Waals surface area (Å²) in [4.78, 5) is 0. The Labute approximate surface area is 109 Å². The molecule has 2 aromatic carbocycles. The fourth-order valence-electron chi connectivity index (χ4n) is 1.34. The van der Waals surface area contributed by atoms with E-state index >= 15 is 0 Å². The van der Waals surface area contributed by atoms with E-state index in [1.54, 1.807) is 12.1 Å². The van der Waals surface area contributed by atoms with Crippen molar-refractivity contribution in [3.05, 3.63) is 42.5 Å². The van der Waals surface area contributed by atoms with E-state index in [0.717, 1.165) is 10.8 Å². The van der Waals surface area contributed by atoms with E-state index in [1.165, 1.54) is 0 Å². The molecule has 0 aliphatic rings. The number of benzene rings is 2. The van der Waals surface area contributed by atoms with Crippen LogP contribution in [-0.2, 0) is 11.4 Å². The zero-order valence-corrected chi connectivity index (χ0v) is 10.1. The molecule has 0 aromatic heterocycles. The molecule has 0 fully saturated rings. The molecule has 0 aliphatic carbocycles. The standard InChI is InChI=1S/C10H8O3S.Mg.2H/c11-14(12)13-10-7-3-5-8-4-1-2-6-9(8)10;;;/h1-7H,(H,11,12);;;/q;+2;2*-1/p-1. The minimum atomic E-state index is -2.52. The summed E-state index contributed by atoms with van der Waals surface area (Å²) in [6.07, 6.45) is 0. The molecule has 0 bridgehead atoms. The van der Waals surface area contributed by atoms with Gasteiger partial charge in [0.05, 0.1) is 0 Å². The first-order chi connectivity index (χ1) is 6.77. The molecule has 0 saturated carbocycles. The Morgan fingerprint density at radius 1 is 1.13 bits per heavy atom. The van der Waals surface area contributed by atoms with Gasteiger partial charge in [-0.3, -0.25) is 0 Å². The third kappa shape index (κ3) is 2.91. The molecule has 3 nitrogen and oxygen atoms in total. The Bertz CT molecular complexity index is 490. The number of fused-ring (bicyclic) bond motifs is 1. The van der Waals surface area contributed by atoms with Gasteiger partial charge in [-0.2, -0.15) is 0 Å². The summed E-state index contributed by atoms with van der Waals surface area (Å²) in [5.74, 6) is 0.358. The van der Waals surface area contributed by atoms with Crippen molar-refractivity contribution >= 4 is 45.2 Å². The molecule has 2 rings (SSSR count). The van der Waals surface area contributed by atoms with Gasteiger partial charge in [0.25, 0.3) is 0 Å². The van der Waals surface area contributed by atoms with Crippen molar-refractivity contribution in [1.29, 1.82) is 0 Å². The molecule has 15 heavy (non-hydrogen) atoms. The minimum absolute atomic E-state index is 0. The Kier molecular flexibility index (Phi) is 4.53. The van der Waals surface area contributed by atoms with Crippen LogP contribution in [0.2, 0.25) is 0 Å². The molecule has 5 heteroatoms. The fourth-order valence-corrected chi connectivity index (χ4v) is 1.63. The molecule has 0 radical (unpaired) electrons. The molecule has 0 heterocycles. The van der Waals surface area contributed by atoms with Crippen LogP contribution < -0.4 is 4.18 Å². The predicted octanol–water partition coefficient (Wildman–Crippen LogP) is 1.86. The topological polar surface area (TPSA) is 49.4 Å². The average molecular weight is 234 g/mol.